The number of amides is 2. The lowest BCUT2D eigenvalue weighted by Gasteiger charge is -2.14. The molecular weight excluding hydrogens is 300 g/mol. The average Bonchev–Trinajstić information content (AvgIpc) is 2.54. The van der Waals surface area contributed by atoms with Gasteiger partial charge in [-0.3, -0.25) is 24.7 Å². The Bertz CT molecular complexity index is 758. The molecule has 1 heterocycles. The first-order valence-corrected chi connectivity index (χ1v) is 6.69. The normalized spacial score (nSPS) is 11.5. The van der Waals surface area contributed by atoms with Crippen molar-refractivity contribution in [3.8, 4) is 0 Å². The van der Waals surface area contributed by atoms with Gasteiger partial charge in [0.1, 0.15) is 5.69 Å². The van der Waals surface area contributed by atoms with Crippen LogP contribution in [0, 0.1) is 10.1 Å². The van der Waals surface area contributed by atoms with Crippen LogP contribution in [0.15, 0.2) is 42.6 Å². The number of rotatable bonds is 5. The molecule has 3 N–H and O–H groups in total. The highest BCUT2D eigenvalue weighted by Crippen LogP contribution is 2.19. The van der Waals surface area contributed by atoms with Gasteiger partial charge in [-0.2, -0.15) is 0 Å². The number of benzene rings is 1. The standard InChI is InChI=1S/C15H14N4O4/c1-9(10-3-2-4-12(7-10)19(22)23)18-15(21)11-5-6-13(14(16)20)17-8-11/h2-9H,1H3,(H2,16,20)(H,18,21)/t9-/m0/s1. The summed E-state index contributed by atoms with van der Waals surface area (Å²) in [6.07, 6.45) is 1.25. The summed E-state index contributed by atoms with van der Waals surface area (Å²) < 4.78 is 0. The number of hydrogen-bond acceptors (Lipinski definition) is 5. The third-order valence-corrected chi connectivity index (χ3v) is 3.21. The van der Waals surface area contributed by atoms with Crippen molar-refractivity contribution in [2.45, 2.75) is 13.0 Å². The van der Waals surface area contributed by atoms with Crippen molar-refractivity contribution in [1.82, 2.24) is 10.3 Å². The van der Waals surface area contributed by atoms with E-state index >= 15 is 0 Å². The molecule has 8 nitrogen and oxygen atoms in total. The highest BCUT2D eigenvalue weighted by atomic mass is 16.6. The minimum atomic E-state index is -0.679. The minimum Gasteiger partial charge on any atom is -0.364 e. The van der Waals surface area contributed by atoms with Crippen LogP contribution in [0.25, 0.3) is 0 Å². The van der Waals surface area contributed by atoms with Crippen LogP contribution in [-0.4, -0.2) is 21.7 Å². The number of primary amides is 1. The molecule has 0 saturated carbocycles. The van der Waals surface area contributed by atoms with E-state index in [1.165, 1.54) is 30.5 Å². The van der Waals surface area contributed by atoms with E-state index in [0.29, 0.717) is 5.56 Å². The van der Waals surface area contributed by atoms with E-state index in [0.717, 1.165) is 0 Å². The maximum absolute atomic E-state index is 12.1. The summed E-state index contributed by atoms with van der Waals surface area (Å²) in [4.78, 5) is 37.1. The van der Waals surface area contributed by atoms with Crippen LogP contribution in [0.1, 0.15) is 39.4 Å². The maximum Gasteiger partial charge on any atom is 0.269 e. The van der Waals surface area contributed by atoms with Crippen LogP contribution in [0.2, 0.25) is 0 Å². The first-order valence-electron chi connectivity index (χ1n) is 6.69. The van der Waals surface area contributed by atoms with Crippen molar-refractivity contribution in [2.75, 3.05) is 0 Å². The summed E-state index contributed by atoms with van der Waals surface area (Å²) in [5, 5.41) is 13.5. The highest BCUT2D eigenvalue weighted by molar-refractivity contribution is 5.95. The number of nitrogens with zero attached hydrogens (tertiary/aromatic N) is 2. The molecule has 0 fully saturated rings. The van der Waals surface area contributed by atoms with Crippen molar-refractivity contribution in [3.05, 3.63) is 69.5 Å². The van der Waals surface area contributed by atoms with Crippen LogP contribution in [-0.2, 0) is 0 Å². The molecule has 0 aliphatic carbocycles. The number of carbonyl (C=O) groups excluding carboxylic acids is 2. The Morgan fingerprint density at radius 1 is 1.30 bits per heavy atom. The molecule has 23 heavy (non-hydrogen) atoms. The Hall–Kier alpha value is -3.29. The Kier molecular flexibility index (Phi) is 4.65. The lowest BCUT2D eigenvalue weighted by molar-refractivity contribution is -0.384. The molecule has 0 spiro atoms. The van der Waals surface area contributed by atoms with E-state index in [-0.39, 0.29) is 16.9 Å². The number of non-ortho nitro benzene ring substituents is 1. The monoisotopic (exact) mass is 314 g/mol. The molecule has 1 aromatic carbocycles. The third-order valence-electron chi connectivity index (χ3n) is 3.21. The van der Waals surface area contributed by atoms with E-state index in [4.69, 9.17) is 5.73 Å². The molecular formula is C15H14N4O4. The molecule has 2 amide bonds. The molecule has 1 aromatic heterocycles. The van der Waals surface area contributed by atoms with Crippen molar-refractivity contribution >= 4 is 17.5 Å². The molecule has 0 radical (unpaired) electrons. The number of nitro benzene ring substituents is 1. The number of aromatic nitrogens is 1. The predicted octanol–water partition coefficient (Wildman–Crippen LogP) is 1.58. The van der Waals surface area contributed by atoms with E-state index in [2.05, 4.69) is 10.3 Å². The van der Waals surface area contributed by atoms with Gasteiger partial charge in [0.2, 0.25) is 0 Å². The van der Waals surface area contributed by atoms with Gasteiger partial charge in [0.05, 0.1) is 16.5 Å². The summed E-state index contributed by atoms with van der Waals surface area (Å²) in [7, 11) is 0. The second kappa shape index (κ2) is 6.65. The SMILES string of the molecule is C[C@H](NC(=O)c1ccc(C(N)=O)nc1)c1cccc([N+](=O)[O-])c1. The minimum absolute atomic E-state index is 0.0453. The van der Waals surface area contributed by atoms with E-state index < -0.39 is 22.8 Å². The van der Waals surface area contributed by atoms with Crippen LogP contribution >= 0.6 is 0 Å². The van der Waals surface area contributed by atoms with E-state index in [9.17, 15) is 19.7 Å². The largest absolute Gasteiger partial charge is 0.364 e. The zero-order valence-electron chi connectivity index (χ0n) is 12.2. The van der Waals surface area contributed by atoms with Gasteiger partial charge < -0.3 is 11.1 Å². The Morgan fingerprint density at radius 2 is 2.04 bits per heavy atom. The Labute approximate surface area is 131 Å². The van der Waals surface area contributed by atoms with Gasteiger partial charge >= 0.3 is 0 Å². The molecule has 0 saturated heterocycles. The summed E-state index contributed by atoms with van der Waals surface area (Å²) in [5.74, 6) is -1.09. The van der Waals surface area contributed by atoms with Gasteiger partial charge in [-0.05, 0) is 24.6 Å². The van der Waals surface area contributed by atoms with Gasteiger partial charge in [-0.25, -0.2) is 0 Å². The summed E-state index contributed by atoms with van der Waals surface area (Å²) in [5.41, 5.74) is 5.96. The highest BCUT2D eigenvalue weighted by Gasteiger charge is 2.15. The molecule has 0 aliphatic rings. The molecule has 118 valence electrons. The van der Waals surface area contributed by atoms with Crippen LogP contribution in [0.5, 0.6) is 0 Å². The van der Waals surface area contributed by atoms with Crippen molar-refractivity contribution < 1.29 is 14.5 Å². The van der Waals surface area contributed by atoms with Gasteiger partial charge in [0.25, 0.3) is 17.5 Å². The average molecular weight is 314 g/mol. The fourth-order valence-electron chi connectivity index (χ4n) is 1.94. The van der Waals surface area contributed by atoms with Crippen molar-refractivity contribution in [2.24, 2.45) is 5.73 Å². The lowest BCUT2D eigenvalue weighted by atomic mass is 10.1. The number of nitrogens with two attached hydrogens (primary N) is 1. The smallest absolute Gasteiger partial charge is 0.269 e. The topological polar surface area (TPSA) is 128 Å². The Morgan fingerprint density at radius 3 is 2.61 bits per heavy atom. The van der Waals surface area contributed by atoms with Crippen LogP contribution in [0.3, 0.4) is 0 Å². The number of pyridine rings is 1. The first-order chi connectivity index (χ1) is 10.9. The van der Waals surface area contributed by atoms with Crippen molar-refractivity contribution in [3.63, 3.8) is 0 Å². The molecule has 0 unspecified atom stereocenters. The summed E-state index contributed by atoms with van der Waals surface area (Å²) in [6.45, 7) is 1.71. The summed E-state index contributed by atoms with van der Waals surface area (Å²) >= 11 is 0. The lowest BCUT2D eigenvalue weighted by Crippen LogP contribution is -2.27. The first kappa shape index (κ1) is 16.1. The molecule has 2 rings (SSSR count). The fourth-order valence-corrected chi connectivity index (χ4v) is 1.94. The third kappa shape index (κ3) is 3.88. The number of nitrogens with one attached hydrogen (secondary N) is 1. The zero-order valence-corrected chi connectivity index (χ0v) is 12.2. The molecule has 0 aliphatic heterocycles. The molecule has 2 aromatic rings. The van der Waals surface area contributed by atoms with Gasteiger partial charge in [-0.15, -0.1) is 0 Å². The maximum atomic E-state index is 12.1. The number of nitro groups is 1. The van der Waals surface area contributed by atoms with Crippen LogP contribution in [0.4, 0.5) is 5.69 Å². The molecule has 1 atom stereocenters. The molecule has 0 bridgehead atoms. The number of hydrogen-bond donors (Lipinski definition) is 2. The second-order valence-corrected chi connectivity index (χ2v) is 4.84. The Balaban J connectivity index is 2.11. The zero-order chi connectivity index (χ0) is 17.0. The molecule has 8 heteroatoms. The van der Waals surface area contributed by atoms with Gasteiger partial charge in [0.15, 0.2) is 0 Å². The van der Waals surface area contributed by atoms with Gasteiger partial charge in [0, 0.05) is 18.3 Å². The number of carbonyl (C=O) groups is 2. The van der Waals surface area contributed by atoms with E-state index in [1.54, 1.807) is 19.1 Å². The predicted molar refractivity (Wildman–Crippen MR) is 81.7 cm³/mol. The van der Waals surface area contributed by atoms with Crippen LogP contribution < -0.4 is 11.1 Å². The second-order valence-electron chi connectivity index (χ2n) is 4.84. The van der Waals surface area contributed by atoms with Crippen molar-refractivity contribution in [1.29, 1.82) is 0 Å². The van der Waals surface area contributed by atoms with Gasteiger partial charge in [-0.1, -0.05) is 12.1 Å². The quantitative estimate of drug-likeness (QED) is 0.639. The van der Waals surface area contributed by atoms with E-state index in [1.807, 2.05) is 0 Å². The fraction of sp³-hybridized carbons (Fsp3) is 0.133. The summed E-state index contributed by atoms with van der Waals surface area (Å²) in [6, 6.07) is 8.38.